The van der Waals surface area contributed by atoms with Gasteiger partial charge in [0.05, 0.1) is 7.11 Å². The molecule has 1 N–H and O–H groups in total. The minimum Gasteiger partial charge on any atom is -0.497 e. The third-order valence-electron chi connectivity index (χ3n) is 3.78. The lowest BCUT2D eigenvalue weighted by molar-refractivity contribution is 0.403. The van der Waals surface area contributed by atoms with Gasteiger partial charge in [-0.1, -0.05) is 19.1 Å². The Morgan fingerprint density at radius 3 is 2.87 bits per heavy atom. The van der Waals surface area contributed by atoms with Crippen LogP contribution in [-0.2, 0) is 5.41 Å². The molecule has 1 aliphatic heterocycles. The second-order valence-electron chi connectivity index (χ2n) is 4.58. The zero-order valence-corrected chi connectivity index (χ0v) is 9.71. The van der Waals surface area contributed by atoms with Crippen molar-refractivity contribution in [2.45, 2.75) is 31.7 Å². The molecule has 1 aliphatic rings. The van der Waals surface area contributed by atoms with E-state index in [1.165, 1.54) is 12.0 Å². The Labute approximate surface area is 91.6 Å². The van der Waals surface area contributed by atoms with Crippen LogP contribution < -0.4 is 10.1 Å². The predicted octanol–water partition coefficient (Wildman–Crippen LogP) is 2.33. The Bertz CT molecular complexity index is 350. The number of ether oxygens (including phenoxy) is 1. The fourth-order valence-corrected chi connectivity index (χ4v) is 2.36. The Morgan fingerprint density at radius 2 is 2.27 bits per heavy atom. The highest BCUT2D eigenvalue weighted by Gasteiger charge is 2.37. The number of methoxy groups -OCH3 is 1. The lowest BCUT2D eigenvalue weighted by Gasteiger charge is -2.29. The zero-order valence-electron chi connectivity index (χ0n) is 9.71. The van der Waals surface area contributed by atoms with Gasteiger partial charge in [0, 0.05) is 11.5 Å². The second kappa shape index (κ2) is 3.86. The largest absolute Gasteiger partial charge is 0.497 e. The van der Waals surface area contributed by atoms with Gasteiger partial charge in [-0.2, -0.15) is 0 Å². The maximum Gasteiger partial charge on any atom is 0.119 e. The first-order valence-corrected chi connectivity index (χ1v) is 5.55. The van der Waals surface area contributed by atoms with E-state index in [2.05, 4.69) is 37.4 Å². The van der Waals surface area contributed by atoms with E-state index in [0.29, 0.717) is 6.04 Å². The van der Waals surface area contributed by atoms with E-state index in [1.54, 1.807) is 7.11 Å². The van der Waals surface area contributed by atoms with Crippen LogP contribution >= 0.6 is 0 Å². The molecule has 2 heteroatoms. The summed E-state index contributed by atoms with van der Waals surface area (Å²) < 4.78 is 5.27. The van der Waals surface area contributed by atoms with Crippen LogP contribution in [0.3, 0.4) is 0 Å². The summed E-state index contributed by atoms with van der Waals surface area (Å²) in [6, 6.07) is 8.96. The van der Waals surface area contributed by atoms with Crippen molar-refractivity contribution < 1.29 is 4.74 Å². The molecule has 2 rings (SSSR count). The van der Waals surface area contributed by atoms with Crippen molar-refractivity contribution in [2.75, 3.05) is 13.7 Å². The number of rotatable bonds is 2. The third-order valence-corrected chi connectivity index (χ3v) is 3.78. The third kappa shape index (κ3) is 1.74. The van der Waals surface area contributed by atoms with Crippen molar-refractivity contribution in [2.24, 2.45) is 0 Å². The maximum absolute atomic E-state index is 5.27. The number of hydrogen-bond acceptors (Lipinski definition) is 2. The van der Waals surface area contributed by atoms with Gasteiger partial charge in [-0.25, -0.2) is 0 Å². The van der Waals surface area contributed by atoms with Gasteiger partial charge in [0.15, 0.2) is 0 Å². The molecule has 1 saturated heterocycles. The first kappa shape index (κ1) is 10.5. The summed E-state index contributed by atoms with van der Waals surface area (Å²) in [5.41, 5.74) is 1.62. The molecule has 0 aliphatic carbocycles. The van der Waals surface area contributed by atoms with Crippen LogP contribution in [0.15, 0.2) is 24.3 Å². The van der Waals surface area contributed by atoms with Gasteiger partial charge in [-0.05, 0) is 37.6 Å². The molecule has 0 spiro atoms. The van der Waals surface area contributed by atoms with Crippen LogP contribution in [0.2, 0.25) is 0 Å². The summed E-state index contributed by atoms with van der Waals surface area (Å²) in [6.45, 7) is 5.69. The Kier molecular flexibility index (Phi) is 2.70. The van der Waals surface area contributed by atoms with Crippen molar-refractivity contribution in [3.8, 4) is 5.75 Å². The second-order valence-corrected chi connectivity index (χ2v) is 4.58. The van der Waals surface area contributed by atoms with Crippen LogP contribution in [0, 0.1) is 0 Å². The molecule has 0 bridgehead atoms. The van der Waals surface area contributed by atoms with Gasteiger partial charge in [-0.15, -0.1) is 0 Å². The quantitative estimate of drug-likeness (QED) is 0.800. The molecule has 0 aromatic heterocycles. The molecule has 1 heterocycles. The normalized spacial score (nSPS) is 30.5. The molecule has 82 valence electrons. The molecule has 0 amide bonds. The predicted molar refractivity (Wildman–Crippen MR) is 62.4 cm³/mol. The van der Waals surface area contributed by atoms with Crippen LogP contribution in [0.1, 0.15) is 25.8 Å². The van der Waals surface area contributed by atoms with E-state index in [0.717, 1.165) is 12.3 Å². The van der Waals surface area contributed by atoms with Crippen molar-refractivity contribution in [3.63, 3.8) is 0 Å². The molecule has 2 nitrogen and oxygen atoms in total. The van der Waals surface area contributed by atoms with Crippen LogP contribution in [0.5, 0.6) is 5.75 Å². The van der Waals surface area contributed by atoms with Gasteiger partial charge < -0.3 is 10.1 Å². The summed E-state index contributed by atoms with van der Waals surface area (Å²) in [5, 5.41) is 3.51. The zero-order chi connectivity index (χ0) is 10.9. The highest BCUT2D eigenvalue weighted by molar-refractivity contribution is 5.35. The lowest BCUT2D eigenvalue weighted by Crippen LogP contribution is -2.35. The van der Waals surface area contributed by atoms with Gasteiger partial charge in [0.2, 0.25) is 0 Å². The fourth-order valence-electron chi connectivity index (χ4n) is 2.36. The first-order chi connectivity index (χ1) is 7.16. The first-order valence-electron chi connectivity index (χ1n) is 5.55. The van der Waals surface area contributed by atoms with Gasteiger partial charge in [-0.3, -0.25) is 0 Å². The van der Waals surface area contributed by atoms with Crippen molar-refractivity contribution >= 4 is 0 Å². The minimum absolute atomic E-state index is 0.245. The molecule has 15 heavy (non-hydrogen) atoms. The van der Waals surface area contributed by atoms with Gasteiger partial charge in [0.1, 0.15) is 5.75 Å². The molecule has 0 radical (unpaired) electrons. The van der Waals surface area contributed by atoms with Crippen LogP contribution in [-0.4, -0.2) is 19.7 Å². The van der Waals surface area contributed by atoms with Crippen LogP contribution in [0.4, 0.5) is 0 Å². The van der Waals surface area contributed by atoms with Gasteiger partial charge >= 0.3 is 0 Å². The van der Waals surface area contributed by atoms with E-state index >= 15 is 0 Å². The summed E-state index contributed by atoms with van der Waals surface area (Å²) in [5.74, 6) is 0.952. The van der Waals surface area contributed by atoms with E-state index in [1.807, 2.05) is 6.07 Å². The van der Waals surface area contributed by atoms with Crippen LogP contribution in [0.25, 0.3) is 0 Å². The topological polar surface area (TPSA) is 21.3 Å². The standard InChI is InChI=1S/C13H19NO/c1-10-13(2,7-8-14-10)11-5-4-6-12(9-11)15-3/h4-6,9-10,14H,7-8H2,1-3H3. The Hall–Kier alpha value is -1.02. The van der Waals surface area contributed by atoms with Crippen molar-refractivity contribution in [1.82, 2.24) is 5.32 Å². The number of benzene rings is 1. The molecule has 1 fully saturated rings. The summed E-state index contributed by atoms with van der Waals surface area (Å²) >= 11 is 0. The van der Waals surface area contributed by atoms with E-state index in [4.69, 9.17) is 4.74 Å². The minimum atomic E-state index is 0.245. The molecule has 1 aromatic rings. The SMILES string of the molecule is COc1cccc(C2(C)CCNC2C)c1. The maximum atomic E-state index is 5.27. The van der Waals surface area contributed by atoms with Crippen molar-refractivity contribution in [1.29, 1.82) is 0 Å². The smallest absolute Gasteiger partial charge is 0.119 e. The lowest BCUT2D eigenvalue weighted by atomic mass is 9.77. The summed E-state index contributed by atoms with van der Waals surface area (Å²) in [7, 11) is 1.72. The molecule has 2 unspecified atom stereocenters. The van der Waals surface area contributed by atoms with E-state index < -0.39 is 0 Å². The molecule has 0 saturated carbocycles. The Morgan fingerprint density at radius 1 is 1.47 bits per heavy atom. The van der Waals surface area contributed by atoms with E-state index in [9.17, 15) is 0 Å². The Balaban J connectivity index is 2.35. The monoisotopic (exact) mass is 205 g/mol. The molecule has 2 atom stereocenters. The average molecular weight is 205 g/mol. The van der Waals surface area contributed by atoms with E-state index in [-0.39, 0.29) is 5.41 Å². The molecular weight excluding hydrogens is 186 g/mol. The number of hydrogen-bond donors (Lipinski definition) is 1. The summed E-state index contributed by atoms with van der Waals surface area (Å²) in [6.07, 6.45) is 1.20. The van der Waals surface area contributed by atoms with Crippen molar-refractivity contribution in [3.05, 3.63) is 29.8 Å². The van der Waals surface area contributed by atoms with Gasteiger partial charge in [0.25, 0.3) is 0 Å². The number of nitrogens with one attached hydrogen (secondary N) is 1. The summed E-state index contributed by atoms with van der Waals surface area (Å²) in [4.78, 5) is 0. The fraction of sp³-hybridized carbons (Fsp3) is 0.538. The average Bonchev–Trinajstić information content (AvgIpc) is 2.61. The molecule has 1 aromatic carbocycles. The molecular formula is C13H19NO. The highest BCUT2D eigenvalue weighted by Crippen LogP contribution is 2.36. The highest BCUT2D eigenvalue weighted by atomic mass is 16.5.